The second kappa shape index (κ2) is 9.11. The first-order valence-corrected chi connectivity index (χ1v) is 10.6. The van der Waals surface area contributed by atoms with Crippen LogP contribution in [0.15, 0.2) is 24.3 Å². The van der Waals surface area contributed by atoms with E-state index in [4.69, 9.17) is 23.5 Å². The molecule has 9 nitrogen and oxygen atoms in total. The predicted octanol–water partition coefficient (Wildman–Crippen LogP) is 0.642. The normalized spacial score (nSPS) is 31.2. The van der Waals surface area contributed by atoms with Gasteiger partial charge in [0.05, 0.1) is 11.2 Å². The van der Waals surface area contributed by atoms with E-state index < -0.39 is 60.8 Å². The molecule has 2 heterocycles. The van der Waals surface area contributed by atoms with Crippen LogP contribution in [0.25, 0.3) is 0 Å². The van der Waals surface area contributed by atoms with Crippen LogP contribution in [0.2, 0.25) is 0 Å². The van der Waals surface area contributed by atoms with E-state index in [2.05, 4.69) is 0 Å². The van der Waals surface area contributed by atoms with Crippen molar-refractivity contribution in [1.29, 1.82) is 0 Å². The molecule has 2 N–H and O–H groups in total. The van der Waals surface area contributed by atoms with Crippen molar-refractivity contribution < 1.29 is 43.3 Å². The third kappa shape index (κ3) is 4.99. The average Bonchev–Trinajstić information content (AvgIpc) is 2.92. The van der Waals surface area contributed by atoms with Crippen LogP contribution in [0.5, 0.6) is 0 Å². The van der Waals surface area contributed by atoms with Gasteiger partial charge in [-0.3, -0.25) is 9.59 Å². The molecule has 1 aromatic carbocycles. The Labute approximate surface area is 188 Å². The molecule has 0 saturated carbocycles. The zero-order valence-corrected chi connectivity index (χ0v) is 19.2. The smallest absolute Gasteiger partial charge is 0.463 e. The van der Waals surface area contributed by atoms with Crippen molar-refractivity contribution in [3.63, 3.8) is 0 Å². The molecular formula is C22H31BO9. The van der Waals surface area contributed by atoms with Crippen molar-refractivity contribution in [2.75, 3.05) is 6.61 Å². The molecular weight excluding hydrogens is 419 g/mol. The van der Waals surface area contributed by atoms with Crippen LogP contribution in [0.1, 0.15) is 53.2 Å². The Morgan fingerprint density at radius 1 is 0.969 bits per heavy atom. The number of carbonyl (C=O) groups is 2. The first-order valence-electron chi connectivity index (χ1n) is 10.6. The first-order chi connectivity index (χ1) is 14.8. The second-order valence-corrected chi connectivity index (χ2v) is 9.21. The molecule has 10 heteroatoms. The van der Waals surface area contributed by atoms with Crippen molar-refractivity contribution in [3.05, 3.63) is 29.8 Å². The van der Waals surface area contributed by atoms with Gasteiger partial charge >= 0.3 is 19.1 Å². The SMILES string of the molecule is CC(=O)OC[C@H]1O[C@H](c2ccc(B3OC(C)(C)C(C)(C)O3)cc2)[C@@H](O)[C@@H](O)[C@H]1OC(C)=O. The Kier molecular flexibility index (Phi) is 7.02. The summed E-state index contributed by atoms with van der Waals surface area (Å²) in [4.78, 5) is 22.7. The van der Waals surface area contributed by atoms with Gasteiger partial charge < -0.3 is 33.7 Å². The summed E-state index contributed by atoms with van der Waals surface area (Å²) in [6.45, 7) is 10.1. The highest BCUT2D eigenvalue weighted by Gasteiger charge is 2.52. The summed E-state index contributed by atoms with van der Waals surface area (Å²) in [5, 5.41) is 21.3. The van der Waals surface area contributed by atoms with Gasteiger partial charge in [0, 0.05) is 13.8 Å². The maximum Gasteiger partial charge on any atom is 0.494 e. The number of aliphatic hydroxyl groups is 2. The number of ether oxygens (including phenoxy) is 3. The summed E-state index contributed by atoms with van der Waals surface area (Å²) in [6, 6.07) is 7.10. The van der Waals surface area contributed by atoms with Gasteiger partial charge in [-0.15, -0.1) is 0 Å². The molecule has 0 bridgehead atoms. The highest BCUT2D eigenvalue weighted by molar-refractivity contribution is 6.62. The molecule has 0 unspecified atom stereocenters. The lowest BCUT2D eigenvalue weighted by Gasteiger charge is -2.42. The lowest BCUT2D eigenvalue weighted by Crippen LogP contribution is -2.57. The Morgan fingerprint density at radius 2 is 1.53 bits per heavy atom. The summed E-state index contributed by atoms with van der Waals surface area (Å²) in [5.74, 6) is -1.19. The number of hydrogen-bond donors (Lipinski definition) is 2. The van der Waals surface area contributed by atoms with Gasteiger partial charge in [0.1, 0.15) is 31.0 Å². The maximum atomic E-state index is 11.5. The molecule has 176 valence electrons. The first kappa shape index (κ1) is 24.7. The highest BCUT2D eigenvalue weighted by Crippen LogP contribution is 2.37. The number of carbonyl (C=O) groups excluding carboxylic acids is 2. The average molecular weight is 450 g/mol. The molecule has 1 aromatic rings. The molecule has 0 aliphatic carbocycles. The number of rotatable bonds is 5. The van der Waals surface area contributed by atoms with Crippen molar-refractivity contribution in [3.8, 4) is 0 Å². The Balaban J connectivity index is 1.79. The number of benzene rings is 1. The predicted molar refractivity (Wildman–Crippen MR) is 114 cm³/mol. The van der Waals surface area contributed by atoms with Crippen LogP contribution in [0.3, 0.4) is 0 Å². The molecule has 5 atom stereocenters. The van der Waals surface area contributed by atoms with Crippen LogP contribution < -0.4 is 5.46 Å². The number of hydrogen-bond acceptors (Lipinski definition) is 9. The zero-order chi connectivity index (χ0) is 23.8. The Hall–Kier alpha value is -1.98. The van der Waals surface area contributed by atoms with E-state index in [-0.39, 0.29) is 6.61 Å². The van der Waals surface area contributed by atoms with Crippen LogP contribution in [0.4, 0.5) is 0 Å². The molecule has 2 saturated heterocycles. The summed E-state index contributed by atoms with van der Waals surface area (Å²) in [6.07, 6.45) is -5.85. The van der Waals surface area contributed by atoms with E-state index in [9.17, 15) is 19.8 Å². The molecule has 0 radical (unpaired) electrons. The second-order valence-electron chi connectivity index (χ2n) is 9.21. The highest BCUT2D eigenvalue weighted by atomic mass is 16.7. The quantitative estimate of drug-likeness (QED) is 0.492. The summed E-state index contributed by atoms with van der Waals surface area (Å²) in [5.41, 5.74) is 0.441. The maximum absolute atomic E-state index is 11.5. The van der Waals surface area contributed by atoms with Gasteiger partial charge in [-0.2, -0.15) is 0 Å². The van der Waals surface area contributed by atoms with Gasteiger partial charge in [0.2, 0.25) is 0 Å². The lowest BCUT2D eigenvalue weighted by atomic mass is 9.78. The molecule has 2 fully saturated rings. The van der Waals surface area contributed by atoms with Gasteiger partial charge in [-0.1, -0.05) is 24.3 Å². The Morgan fingerprint density at radius 3 is 2.03 bits per heavy atom. The van der Waals surface area contributed by atoms with Crippen LogP contribution in [-0.2, 0) is 33.1 Å². The molecule has 3 rings (SSSR count). The van der Waals surface area contributed by atoms with Crippen molar-refractivity contribution in [1.82, 2.24) is 0 Å². The number of esters is 2. The van der Waals surface area contributed by atoms with Crippen molar-refractivity contribution in [2.24, 2.45) is 0 Å². The molecule has 0 amide bonds. The van der Waals surface area contributed by atoms with Gasteiger partial charge in [0.25, 0.3) is 0 Å². The minimum Gasteiger partial charge on any atom is -0.463 e. The monoisotopic (exact) mass is 450 g/mol. The van der Waals surface area contributed by atoms with Crippen LogP contribution >= 0.6 is 0 Å². The molecule has 2 aliphatic rings. The van der Waals surface area contributed by atoms with E-state index in [1.807, 2.05) is 27.7 Å². The van der Waals surface area contributed by atoms with Crippen LogP contribution in [0, 0.1) is 0 Å². The minimum absolute atomic E-state index is 0.237. The Bertz CT molecular complexity index is 822. The molecule has 0 aromatic heterocycles. The summed E-state index contributed by atoms with van der Waals surface area (Å²) < 4.78 is 28.2. The number of aliphatic hydroxyl groups excluding tert-OH is 2. The minimum atomic E-state index is -1.43. The zero-order valence-electron chi connectivity index (χ0n) is 19.2. The fourth-order valence-corrected chi connectivity index (χ4v) is 3.71. The van der Waals surface area contributed by atoms with E-state index in [0.717, 1.165) is 5.46 Å². The lowest BCUT2D eigenvalue weighted by molar-refractivity contribution is -0.242. The van der Waals surface area contributed by atoms with E-state index in [1.54, 1.807) is 24.3 Å². The van der Waals surface area contributed by atoms with Gasteiger partial charge in [0.15, 0.2) is 6.10 Å². The van der Waals surface area contributed by atoms with Gasteiger partial charge in [-0.25, -0.2) is 0 Å². The third-order valence-corrected chi connectivity index (χ3v) is 6.23. The summed E-state index contributed by atoms with van der Waals surface area (Å²) in [7, 11) is -0.540. The van der Waals surface area contributed by atoms with Crippen molar-refractivity contribution >= 4 is 24.5 Å². The van der Waals surface area contributed by atoms with Crippen molar-refractivity contribution in [2.45, 2.75) is 83.3 Å². The molecule has 2 aliphatic heterocycles. The molecule has 32 heavy (non-hydrogen) atoms. The fraction of sp³-hybridized carbons (Fsp3) is 0.636. The summed E-state index contributed by atoms with van der Waals surface area (Å²) >= 11 is 0. The fourth-order valence-electron chi connectivity index (χ4n) is 3.71. The largest absolute Gasteiger partial charge is 0.494 e. The third-order valence-electron chi connectivity index (χ3n) is 6.23. The standard InChI is InChI=1S/C22H31BO9/c1-12(24)28-11-16-20(29-13(2)25)18(27)17(26)19(30-16)14-7-9-15(10-8-14)23-31-21(3,4)22(5,6)32-23/h7-10,16-20,26-27H,11H2,1-6H3/t16-,17+,18-,19-,20+/m1/s1. The van der Waals surface area contributed by atoms with E-state index in [1.165, 1.54) is 13.8 Å². The topological polar surface area (TPSA) is 121 Å². The molecule has 0 spiro atoms. The van der Waals surface area contributed by atoms with Gasteiger partial charge in [-0.05, 0) is 38.7 Å². The van der Waals surface area contributed by atoms with E-state index >= 15 is 0 Å². The van der Waals surface area contributed by atoms with E-state index in [0.29, 0.717) is 5.56 Å². The van der Waals surface area contributed by atoms with Crippen LogP contribution in [-0.4, -0.2) is 71.5 Å².